The standard InChI is InChI=1S/C13H9ClF3N/c14-8-10-11(13(15,16)17)6-7-18-12(10)9-4-2-1-3-5-9/h1-7H,8H2. The van der Waals surface area contributed by atoms with E-state index in [0.29, 0.717) is 5.56 Å². The molecule has 2 rings (SSSR count). The Labute approximate surface area is 107 Å². The Kier molecular flexibility index (Phi) is 3.57. The number of nitrogens with zero attached hydrogens (tertiary/aromatic N) is 1. The van der Waals surface area contributed by atoms with Crippen molar-refractivity contribution in [2.24, 2.45) is 0 Å². The average Bonchev–Trinajstić information content (AvgIpc) is 2.37. The first-order valence-corrected chi connectivity index (χ1v) is 5.74. The lowest BCUT2D eigenvalue weighted by molar-refractivity contribution is -0.138. The molecule has 0 saturated carbocycles. The monoisotopic (exact) mass is 271 g/mol. The molecular weight excluding hydrogens is 263 g/mol. The number of hydrogen-bond donors (Lipinski definition) is 0. The van der Waals surface area contributed by atoms with Gasteiger partial charge in [-0.15, -0.1) is 11.6 Å². The van der Waals surface area contributed by atoms with Gasteiger partial charge in [0, 0.05) is 17.3 Å². The molecular formula is C13H9ClF3N. The van der Waals surface area contributed by atoms with Gasteiger partial charge in [-0.1, -0.05) is 30.3 Å². The third-order valence-electron chi connectivity index (χ3n) is 2.54. The Hall–Kier alpha value is -1.55. The number of alkyl halides is 4. The number of hydrogen-bond acceptors (Lipinski definition) is 1. The molecule has 1 nitrogen and oxygen atoms in total. The van der Waals surface area contributed by atoms with Crippen LogP contribution in [0.3, 0.4) is 0 Å². The number of benzene rings is 1. The van der Waals surface area contributed by atoms with Crippen LogP contribution in [0.5, 0.6) is 0 Å². The van der Waals surface area contributed by atoms with Gasteiger partial charge in [-0.25, -0.2) is 0 Å². The van der Waals surface area contributed by atoms with Gasteiger partial charge < -0.3 is 0 Å². The molecule has 0 bridgehead atoms. The summed E-state index contributed by atoms with van der Waals surface area (Å²) in [5.74, 6) is -0.229. The predicted molar refractivity (Wildman–Crippen MR) is 64.2 cm³/mol. The van der Waals surface area contributed by atoms with E-state index in [2.05, 4.69) is 4.98 Å². The summed E-state index contributed by atoms with van der Waals surface area (Å²) in [6, 6.07) is 9.64. The van der Waals surface area contributed by atoms with Crippen LogP contribution in [0.1, 0.15) is 11.1 Å². The quantitative estimate of drug-likeness (QED) is 0.733. The van der Waals surface area contributed by atoms with Gasteiger partial charge >= 0.3 is 6.18 Å². The van der Waals surface area contributed by atoms with Crippen molar-refractivity contribution < 1.29 is 13.2 Å². The van der Waals surface area contributed by atoms with Gasteiger partial charge in [0.25, 0.3) is 0 Å². The molecule has 94 valence electrons. The lowest BCUT2D eigenvalue weighted by atomic mass is 10.0. The molecule has 0 aliphatic heterocycles. The van der Waals surface area contributed by atoms with E-state index in [0.717, 1.165) is 12.3 Å². The molecule has 0 amide bonds. The molecule has 1 aromatic carbocycles. The molecule has 0 aliphatic rings. The lowest BCUT2D eigenvalue weighted by Gasteiger charge is -2.14. The van der Waals surface area contributed by atoms with E-state index in [1.165, 1.54) is 0 Å². The van der Waals surface area contributed by atoms with Crippen LogP contribution in [-0.2, 0) is 12.1 Å². The molecule has 0 atom stereocenters. The van der Waals surface area contributed by atoms with Crippen LogP contribution in [0.2, 0.25) is 0 Å². The molecule has 1 aromatic heterocycles. The molecule has 5 heteroatoms. The zero-order valence-electron chi connectivity index (χ0n) is 9.21. The summed E-state index contributed by atoms with van der Waals surface area (Å²) in [5.41, 5.74) is 0.184. The zero-order chi connectivity index (χ0) is 13.2. The van der Waals surface area contributed by atoms with E-state index in [1.807, 2.05) is 0 Å². The molecule has 0 fully saturated rings. The highest BCUT2D eigenvalue weighted by Gasteiger charge is 2.34. The molecule has 0 aliphatic carbocycles. The highest BCUT2D eigenvalue weighted by atomic mass is 35.5. The molecule has 18 heavy (non-hydrogen) atoms. The fourth-order valence-corrected chi connectivity index (χ4v) is 2.01. The fourth-order valence-electron chi connectivity index (χ4n) is 1.74. The molecule has 0 saturated heterocycles. The van der Waals surface area contributed by atoms with Crippen molar-refractivity contribution in [1.82, 2.24) is 4.98 Å². The van der Waals surface area contributed by atoms with Crippen molar-refractivity contribution in [3.05, 3.63) is 53.7 Å². The predicted octanol–water partition coefficient (Wildman–Crippen LogP) is 4.51. The van der Waals surface area contributed by atoms with Crippen LogP contribution in [0, 0.1) is 0 Å². The summed E-state index contributed by atoms with van der Waals surface area (Å²) in [6.07, 6.45) is -3.27. The topological polar surface area (TPSA) is 12.9 Å². The average molecular weight is 272 g/mol. The van der Waals surface area contributed by atoms with Gasteiger partial charge in [-0.3, -0.25) is 4.98 Å². The summed E-state index contributed by atoms with van der Waals surface area (Å²) in [4.78, 5) is 4.01. The van der Waals surface area contributed by atoms with E-state index in [-0.39, 0.29) is 17.1 Å². The molecule has 0 N–H and O–H groups in total. The second-order valence-corrected chi connectivity index (χ2v) is 3.95. The fraction of sp³-hybridized carbons (Fsp3) is 0.154. The van der Waals surface area contributed by atoms with Crippen LogP contribution >= 0.6 is 11.6 Å². The summed E-state index contributed by atoms with van der Waals surface area (Å²) in [6.45, 7) is 0. The maximum Gasteiger partial charge on any atom is 0.416 e. The van der Waals surface area contributed by atoms with Crippen molar-refractivity contribution in [1.29, 1.82) is 0 Å². The minimum absolute atomic E-state index is 0.0119. The Morgan fingerprint density at radius 1 is 1.06 bits per heavy atom. The van der Waals surface area contributed by atoms with Crippen LogP contribution in [0.15, 0.2) is 42.6 Å². The molecule has 0 spiro atoms. The second kappa shape index (κ2) is 4.98. The third kappa shape index (κ3) is 2.48. The van der Waals surface area contributed by atoms with Gasteiger partial charge in [-0.05, 0) is 6.07 Å². The summed E-state index contributed by atoms with van der Waals surface area (Å²) in [7, 11) is 0. The number of pyridine rings is 1. The summed E-state index contributed by atoms with van der Waals surface area (Å²) < 4.78 is 38.5. The van der Waals surface area contributed by atoms with E-state index < -0.39 is 11.7 Å². The Morgan fingerprint density at radius 2 is 1.72 bits per heavy atom. The molecule has 0 radical (unpaired) electrons. The van der Waals surface area contributed by atoms with E-state index >= 15 is 0 Å². The highest BCUT2D eigenvalue weighted by molar-refractivity contribution is 6.17. The summed E-state index contributed by atoms with van der Waals surface area (Å²) >= 11 is 5.65. The van der Waals surface area contributed by atoms with Crippen molar-refractivity contribution in [2.75, 3.05) is 0 Å². The number of rotatable bonds is 2. The summed E-state index contributed by atoms with van der Waals surface area (Å²) in [5, 5.41) is 0. The second-order valence-electron chi connectivity index (χ2n) is 3.68. The minimum Gasteiger partial charge on any atom is -0.256 e. The van der Waals surface area contributed by atoms with Crippen LogP contribution in [0.4, 0.5) is 13.2 Å². The van der Waals surface area contributed by atoms with Crippen molar-refractivity contribution in [2.45, 2.75) is 12.1 Å². The van der Waals surface area contributed by atoms with Crippen LogP contribution in [-0.4, -0.2) is 4.98 Å². The normalized spacial score (nSPS) is 11.6. The van der Waals surface area contributed by atoms with E-state index in [9.17, 15) is 13.2 Å². The lowest BCUT2D eigenvalue weighted by Crippen LogP contribution is -2.10. The number of halogens is 4. The van der Waals surface area contributed by atoms with Gasteiger partial charge in [0.15, 0.2) is 0 Å². The Balaban J connectivity index is 2.63. The first-order valence-electron chi connectivity index (χ1n) is 5.20. The minimum atomic E-state index is -4.42. The smallest absolute Gasteiger partial charge is 0.256 e. The van der Waals surface area contributed by atoms with Crippen molar-refractivity contribution >= 4 is 11.6 Å². The Morgan fingerprint density at radius 3 is 2.28 bits per heavy atom. The van der Waals surface area contributed by atoms with Gasteiger partial charge in [0.1, 0.15) is 0 Å². The van der Waals surface area contributed by atoms with Gasteiger partial charge in [0.2, 0.25) is 0 Å². The molecule has 0 unspecified atom stereocenters. The highest BCUT2D eigenvalue weighted by Crippen LogP contribution is 2.36. The van der Waals surface area contributed by atoms with Crippen molar-refractivity contribution in [3.8, 4) is 11.3 Å². The number of aromatic nitrogens is 1. The first kappa shape index (κ1) is 12.9. The van der Waals surface area contributed by atoms with E-state index in [4.69, 9.17) is 11.6 Å². The molecule has 1 heterocycles. The first-order chi connectivity index (χ1) is 8.54. The third-order valence-corrected chi connectivity index (χ3v) is 2.81. The van der Waals surface area contributed by atoms with Crippen LogP contribution < -0.4 is 0 Å². The maximum absolute atomic E-state index is 12.8. The molecule has 2 aromatic rings. The van der Waals surface area contributed by atoms with Gasteiger partial charge in [0.05, 0.1) is 17.1 Å². The van der Waals surface area contributed by atoms with Gasteiger partial charge in [-0.2, -0.15) is 13.2 Å². The zero-order valence-corrected chi connectivity index (χ0v) is 9.96. The SMILES string of the molecule is FC(F)(F)c1ccnc(-c2ccccc2)c1CCl. The van der Waals surface area contributed by atoms with Crippen molar-refractivity contribution in [3.63, 3.8) is 0 Å². The van der Waals surface area contributed by atoms with E-state index in [1.54, 1.807) is 30.3 Å². The Bertz CT molecular complexity index is 538. The maximum atomic E-state index is 12.8. The van der Waals surface area contributed by atoms with Crippen LogP contribution in [0.25, 0.3) is 11.3 Å². The largest absolute Gasteiger partial charge is 0.416 e.